The average molecular weight is 393 g/mol. The van der Waals surface area contributed by atoms with E-state index >= 15 is 0 Å². The fourth-order valence-electron chi connectivity index (χ4n) is 4.19. The predicted molar refractivity (Wildman–Crippen MR) is 113 cm³/mol. The number of pyridine rings is 1. The van der Waals surface area contributed by atoms with E-state index in [2.05, 4.69) is 22.3 Å². The van der Waals surface area contributed by atoms with Gasteiger partial charge in [0.25, 0.3) is 0 Å². The highest BCUT2D eigenvalue weighted by Crippen LogP contribution is 2.31. The van der Waals surface area contributed by atoms with E-state index < -0.39 is 0 Å². The van der Waals surface area contributed by atoms with Gasteiger partial charge in [0.15, 0.2) is 5.82 Å². The van der Waals surface area contributed by atoms with E-state index in [0.29, 0.717) is 23.3 Å². The van der Waals surface area contributed by atoms with Gasteiger partial charge in [0, 0.05) is 42.0 Å². The smallest absolute Gasteiger partial charge is 0.151 e. The topological polar surface area (TPSA) is 104 Å². The molecule has 1 aliphatic carbocycles. The summed E-state index contributed by atoms with van der Waals surface area (Å²) in [7, 11) is 0. The minimum Gasteiger partial charge on any atom is -0.382 e. The Hall–Kier alpha value is -2.74. The summed E-state index contributed by atoms with van der Waals surface area (Å²) in [5.41, 5.74) is 10.4. The number of aromatic nitrogens is 5. The Labute approximate surface area is 169 Å². The third-order valence-electron chi connectivity index (χ3n) is 5.93. The van der Waals surface area contributed by atoms with Gasteiger partial charge in [-0.15, -0.1) is 0 Å². The average Bonchev–Trinajstić information content (AvgIpc) is 3.37. The molecule has 152 valence electrons. The van der Waals surface area contributed by atoms with Crippen molar-refractivity contribution < 1.29 is 4.74 Å². The van der Waals surface area contributed by atoms with Crippen LogP contribution in [0.25, 0.3) is 22.2 Å². The number of rotatable bonds is 6. The molecule has 4 heterocycles. The van der Waals surface area contributed by atoms with Crippen LogP contribution in [-0.2, 0) is 17.7 Å². The van der Waals surface area contributed by atoms with Gasteiger partial charge in [0.2, 0.25) is 0 Å². The van der Waals surface area contributed by atoms with Crippen LogP contribution in [0, 0.1) is 5.92 Å². The first-order chi connectivity index (χ1) is 14.2. The molecule has 1 saturated carbocycles. The fraction of sp³-hybridized carbons (Fsp3) is 0.524. The minimum atomic E-state index is 0.414. The van der Waals surface area contributed by atoms with Crippen LogP contribution in [0.15, 0.2) is 18.6 Å². The summed E-state index contributed by atoms with van der Waals surface area (Å²) >= 11 is 0. The van der Waals surface area contributed by atoms with Crippen LogP contribution < -0.4 is 11.1 Å². The number of nitrogens with zero attached hydrogens (tertiary/aromatic N) is 5. The number of aryl methyl sites for hydroxylation is 1. The lowest BCUT2D eigenvalue weighted by molar-refractivity contribution is -0.0408. The molecule has 8 nitrogen and oxygen atoms in total. The zero-order valence-electron chi connectivity index (χ0n) is 16.8. The third kappa shape index (κ3) is 3.53. The Morgan fingerprint density at radius 3 is 2.72 bits per heavy atom. The van der Waals surface area contributed by atoms with Crippen LogP contribution in [0.4, 0.5) is 11.6 Å². The molecule has 29 heavy (non-hydrogen) atoms. The van der Waals surface area contributed by atoms with E-state index in [1.165, 1.54) is 25.7 Å². The Kier molecular flexibility index (Phi) is 4.79. The van der Waals surface area contributed by atoms with Gasteiger partial charge in [-0.05, 0) is 19.3 Å². The first-order valence-electron chi connectivity index (χ1n) is 10.5. The standard InChI is InChI=1S/C21H27N7O/c1-2-17-21(25-15-5-3-4-6-15)27-18-16(8-23-20(22)19(18)26-17)14-7-24-28(10-14)9-13-11-29-12-13/h7-8,10,13,15H,2-6,9,11-12H2,1H3,(H2,22,23)(H,25,27). The highest BCUT2D eigenvalue weighted by molar-refractivity contribution is 5.96. The van der Waals surface area contributed by atoms with Crippen LogP contribution >= 0.6 is 0 Å². The number of fused-ring (bicyclic) bond motifs is 1. The predicted octanol–water partition coefficient (Wildman–Crippen LogP) is 3.03. The van der Waals surface area contributed by atoms with Crippen LogP contribution in [0.5, 0.6) is 0 Å². The number of anilines is 2. The van der Waals surface area contributed by atoms with Crippen molar-refractivity contribution in [3.8, 4) is 11.1 Å². The van der Waals surface area contributed by atoms with E-state index in [4.69, 9.17) is 20.4 Å². The van der Waals surface area contributed by atoms with Gasteiger partial charge < -0.3 is 15.8 Å². The number of nitrogen functional groups attached to an aromatic ring is 1. The van der Waals surface area contributed by atoms with Gasteiger partial charge in [-0.1, -0.05) is 19.8 Å². The van der Waals surface area contributed by atoms with E-state index in [1.807, 2.05) is 17.1 Å². The first kappa shape index (κ1) is 18.3. The molecule has 0 bridgehead atoms. The second-order valence-corrected chi connectivity index (χ2v) is 8.11. The summed E-state index contributed by atoms with van der Waals surface area (Å²) in [6, 6.07) is 0.474. The van der Waals surface area contributed by atoms with Gasteiger partial charge in [-0.3, -0.25) is 4.68 Å². The highest BCUT2D eigenvalue weighted by Gasteiger charge is 2.21. The molecule has 8 heteroatoms. The molecule has 0 spiro atoms. The molecule has 1 saturated heterocycles. The van der Waals surface area contributed by atoms with Crippen molar-refractivity contribution in [3.05, 3.63) is 24.3 Å². The van der Waals surface area contributed by atoms with Gasteiger partial charge >= 0.3 is 0 Å². The Morgan fingerprint density at radius 1 is 1.17 bits per heavy atom. The van der Waals surface area contributed by atoms with Crippen molar-refractivity contribution in [2.75, 3.05) is 24.3 Å². The molecular weight excluding hydrogens is 366 g/mol. The van der Waals surface area contributed by atoms with Gasteiger partial charge in [-0.25, -0.2) is 15.0 Å². The van der Waals surface area contributed by atoms with Gasteiger partial charge in [0.05, 0.1) is 25.1 Å². The maximum Gasteiger partial charge on any atom is 0.151 e. The lowest BCUT2D eigenvalue weighted by Gasteiger charge is -2.25. The second-order valence-electron chi connectivity index (χ2n) is 8.11. The molecular formula is C21H27N7O. The molecule has 5 rings (SSSR count). The quantitative estimate of drug-likeness (QED) is 0.663. The van der Waals surface area contributed by atoms with E-state index in [0.717, 1.165) is 54.3 Å². The van der Waals surface area contributed by atoms with Crippen molar-refractivity contribution >= 4 is 22.7 Å². The maximum atomic E-state index is 6.17. The molecule has 0 aromatic carbocycles. The largest absolute Gasteiger partial charge is 0.382 e. The number of nitrogens with two attached hydrogens (primary N) is 1. The summed E-state index contributed by atoms with van der Waals surface area (Å²) in [5, 5.41) is 8.15. The summed E-state index contributed by atoms with van der Waals surface area (Å²) in [6.07, 6.45) is 11.4. The molecule has 2 fully saturated rings. The SMILES string of the molecule is CCc1nc2c(N)ncc(-c3cnn(CC4COC4)c3)c2nc1NC1CCCC1. The summed E-state index contributed by atoms with van der Waals surface area (Å²) in [6.45, 7) is 4.57. The number of ether oxygens (including phenoxy) is 1. The number of hydrogen-bond donors (Lipinski definition) is 2. The number of nitrogens with one attached hydrogen (secondary N) is 1. The van der Waals surface area contributed by atoms with Crippen molar-refractivity contribution in [2.45, 2.75) is 51.6 Å². The normalized spacial score (nSPS) is 17.7. The lowest BCUT2D eigenvalue weighted by Crippen LogP contribution is -2.31. The molecule has 1 aliphatic heterocycles. The third-order valence-corrected chi connectivity index (χ3v) is 5.93. The maximum absolute atomic E-state index is 6.17. The van der Waals surface area contributed by atoms with Crippen LogP contribution in [0.1, 0.15) is 38.3 Å². The van der Waals surface area contributed by atoms with E-state index in [9.17, 15) is 0 Å². The first-order valence-corrected chi connectivity index (χ1v) is 10.5. The zero-order valence-corrected chi connectivity index (χ0v) is 16.8. The molecule has 0 radical (unpaired) electrons. The zero-order chi connectivity index (χ0) is 19.8. The van der Waals surface area contributed by atoms with Crippen LogP contribution in [-0.4, -0.2) is 44.0 Å². The molecule has 2 aliphatic rings. The minimum absolute atomic E-state index is 0.414. The fourth-order valence-corrected chi connectivity index (χ4v) is 4.19. The molecule has 0 amide bonds. The van der Waals surface area contributed by atoms with Gasteiger partial charge in [-0.2, -0.15) is 5.10 Å². The monoisotopic (exact) mass is 393 g/mol. The Bertz CT molecular complexity index is 1020. The molecule has 3 N–H and O–H groups in total. The Morgan fingerprint density at radius 2 is 2.00 bits per heavy atom. The van der Waals surface area contributed by atoms with Crippen LogP contribution in [0.2, 0.25) is 0 Å². The summed E-state index contributed by atoms with van der Waals surface area (Å²) in [4.78, 5) is 14.2. The van der Waals surface area contributed by atoms with Gasteiger partial charge in [0.1, 0.15) is 16.9 Å². The van der Waals surface area contributed by atoms with Crippen molar-refractivity contribution in [1.29, 1.82) is 0 Å². The molecule has 3 aromatic rings. The summed E-state index contributed by atoms with van der Waals surface area (Å²) < 4.78 is 7.24. The van der Waals surface area contributed by atoms with E-state index in [-0.39, 0.29) is 0 Å². The summed E-state index contributed by atoms with van der Waals surface area (Å²) in [5.74, 6) is 1.83. The van der Waals surface area contributed by atoms with Crippen LogP contribution in [0.3, 0.4) is 0 Å². The number of hydrogen-bond acceptors (Lipinski definition) is 7. The second kappa shape index (κ2) is 7.59. The van der Waals surface area contributed by atoms with Crippen molar-refractivity contribution in [1.82, 2.24) is 24.7 Å². The molecule has 3 aromatic heterocycles. The van der Waals surface area contributed by atoms with E-state index in [1.54, 1.807) is 6.20 Å². The van der Waals surface area contributed by atoms with Crippen molar-refractivity contribution in [3.63, 3.8) is 0 Å². The van der Waals surface area contributed by atoms with Crippen molar-refractivity contribution in [2.24, 2.45) is 5.92 Å². The Balaban J connectivity index is 1.55. The lowest BCUT2D eigenvalue weighted by atomic mass is 10.1. The molecule has 0 unspecified atom stereocenters. The molecule has 0 atom stereocenters. The highest BCUT2D eigenvalue weighted by atomic mass is 16.5.